The van der Waals surface area contributed by atoms with Gasteiger partial charge in [-0.05, 0) is 69.2 Å². The number of hydrogen-bond acceptors (Lipinski definition) is 6. The molecule has 0 aliphatic rings. The maximum atomic E-state index is 14.0. The molecule has 4 aromatic rings. The molecule has 2 amide bonds. The summed E-state index contributed by atoms with van der Waals surface area (Å²) in [5.41, 5.74) is 7.28. The molecule has 0 spiro atoms. The zero-order chi connectivity index (χ0) is 29.5. The number of aryl methyl sites for hydroxylation is 4. The highest BCUT2D eigenvalue weighted by molar-refractivity contribution is 7.99. The fourth-order valence-electron chi connectivity index (χ4n) is 4.46. The molecule has 0 bridgehead atoms. The molecular formula is C33H37N5O2S. The lowest BCUT2D eigenvalue weighted by molar-refractivity contribution is -0.137. The summed E-state index contributed by atoms with van der Waals surface area (Å²) in [6, 6.07) is 24.5. The molecule has 1 N–H and O–H groups in total. The molecule has 1 heterocycles. The summed E-state index contributed by atoms with van der Waals surface area (Å²) in [6.07, 6.45) is 0. The fraction of sp³-hybridized carbons (Fsp3) is 0.273. The number of nitrogens with one attached hydrogen (secondary N) is 1. The summed E-state index contributed by atoms with van der Waals surface area (Å²) < 4.78 is 0. The van der Waals surface area contributed by atoms with Crippen molar-refractivity contribution in [3.63, 3.8) is 0 Å². The van der Waals surface area contributed by atoms with E-state index in [9.17, 15) is 9.59 Å². The minimum absolute atomic E-state index is 0.0991. The third kappa shape index (κ3) is 8.17. The standard InChI is InChI=1S/C33H37N5O2S/c1-22-7-11-26(12-8-22)20-38(30(39)21-41-33-34-24(3)19-25(4)35-33)31(27-13-9-23(2)10-14-27)32(40)36-28-15-17-29(18-16-28)37(5)6/h7-19,31H,20-21H2,1-6H3,(H,36,40). The van der Waals surface area contributed by atoms with Gasteiger partial charge in [0.25, 0.3) is 5.91 Å². The molecule has 7 nitrogen and oxygen atoms in total. The normalized spacial score (nSPS) is 11.6. The van der Waals surface area contributed by atoms with Crippen molar-refractivity contribution in [3.8, 4) is 0 Å². The van der Waals surface area contributed by atoms with Gasteiger partial charge in [-0.15, -0.1) is 0 Å². The van der Waals surface area contributed by atoms with E-state index in [1.807, 2.05) is 126 Å². The predicted octanol–water partition coefficient (Wildman–Crippen LogP) is 6.28. The van der Waals surface area contributed by atoms with Gasteiger partial charge >= 0.3 is 0 Å². The maximum absolute atomic E-state index is 14.0. The number of amides is 2. The van der Waals surface area contributed by atoms with Crippen LogP contribution in [0, 0.1) is 27.7 Å². The van der Waals surface area contributed by atoms with E-state index in [-0.39, 0.29) is 24.1 Å². The van der Waals surface area contributed by atoms with E-state index in [1.165, 1.54) is 11.8 Å². The van der Waals surface area contributed by atoms with Crippen molar-refractivity contribution in [3.05, 3.63) is 113 Å². The summed E-state index contributed by atoms with van der Waals surface area (Å²) in [5.74, 6) is -0.358. The summed E-state index contributed by atoms with van der Waals surface area (Å²) in [6.45, 7) is 8.12. The minimum atomic E-state index is -0.848. The van der Waals surface area contributed by atoms with Gasteiger partial charge in [0.15, 0.2) is 5.16 Å². The first kappa shape index (κ1) is 29.8. The van der Waals surface area contributed by atoms with Crippen molar-refractivity contribution in [2.45, 2.75) is 45.4 Å². The number of benzene rings is 3. The van der Waals surface area contributed by atoms with E-state index in [0.717, 1.165) is 39.3 Å². The third-order valence-electron chi connectivity index (χ3n) is 6.68. The molecule has 0 fully saturated rings. The van der Waals surface area contributed by atoms with Crippen LogP contribution in [-0.2, 0) is 16.1 Å². The van der Waals surface area contributed by atoms with Gasteiger partial charge in [-0.3, -0.25) is 9.59 Å². The Labute approximate surface area is 247 Å². The average Bonchev–Trinajstić information content (AvgIpc) is 2.93. The molecule has 0 saturated heterocycles. The number of aromatic nitrogens is 2. The largest absolute Gasteiger partial charge is 0.378 e. The average molecular weight is 568 g/mol. The Kier molecular flexibility index (Phi) is 9.78. The zero-order valence-corrected chi connectivity index (χ0v) is 25.3. The van der Waals surface area contributed by atoms with Gasteiger partial charge in [-0.1, -0.05) is 71.4 Å². The number of thioether (sulfide) groups is 1. The number of nitrogens with zero attached hydrogens (tertiary/aromatic N) is 4. The number of carbonyl (C=O) groups excluding carboxylic acids is 2. The van der Waals surface area contributed by atoms with Gasteiger partial charge in [-0.25, -0.2) is 9.97 Å². The molecule has 0 aliphatic carbocycles. The topological polar surface area (TPSA) is 78.4 Å². The van der Waals surface area contributed by atoms with Crippen LogP contribution in [0.1, 0.15) is 39.7 Å². The Morgan fingerprint density at radius 3 is 1.93 bits per heavy atom. The monoisotopic (exact) mass is 567 g/mol. The highest BCUT2D eigenvalue weighted by atomic mass is 32.2. The van der Waals surface area contributed by atoms with Gasteiger partial charge in [0.05, 0.1) is 5.75 Å². The molecule has 0 aliphatic heterocycles. The number of anilines is 2. The number of rotatable bonds is 10. The summed E-state index contributed by atoms with van der Waals surface area (Å²) in [4.78, 5) is 40.6. The van der Waals surface area contributed by atoms with Crippen molar-refractivity contribution in [1.82, 2.24) is 14.9 Å². The van der Waals surface area contributed by atoms with Crippen LogP contribution in [-0.4, -0.2) is 46.5 Å². The second-order valence-corrected chi connectivity index (χ2v) is 11.4. The number of hydrogen-bond donors (Lipinski definition) is 1. The van der Waals surface area contributed by atoms with Gasteiger partial charge in [0.1, 0.15) is 6.04 Å². The molecule has 1 unspecified atom stereocenters. The van der Waals surface area contributed by atoms with Crippen LogP contribution in [0.15, 0.2) is 84.0 Å². The van der Waals surface area contributed by atoms with Gasteiger partial charge in [0.2, 0.25) is 5.91 Å². The van der Waals surface area contributed by atoms with E-state index < -0.39 is 6.04 Å². The fourth-order valence-corrected chi connectivity index (χ4v) is 5.29. The van der Waals surface area contributed by atoms with Crippen molar-refractivity contribution < 1.29 is 9.59 Å². The predicted molar refractivity (Wildman–Crippen MR) is 167 cm³/mol. The maximum Gasteiger partial charge on any atom is 0.251 e. The zero-order valence-electron chi connectivity index (χ0n) is 24.5. The highest BCUT2D eigenvalue weighted by Gasteiger charge is 2.32. The Morgan fingerprint density at radius 2 is 1.37 bits per heavy atom. The van der Waals surface area contributed by atoms with E-state index in [4.69, 9.17) is 0 Å². The van der Waals surface area contributed by atoms with Gasteiger partial charge in [0, 0.05) is 43.4 Å². The molecule has 1 aromatic heterocycles. The number of carbonyl (C=O) groups is 2. The Morgan fingerprint density at radius 1 is 0.805 bits per heavy atom. The molecule has 4 rings (SSSR count). The summed E-state index contributed by atoms with van der Waals surface area (Å²) in [7, 11) is 3.94. The molecule has 212 valence electrons. The molecule has 1 atom stereocenters. The SMILES string of the molecule is Cc1ccc(CN(C(=O)CSc2nc(C)cc(C)n2)C(C(=O)Nc2ccc(N(C)C)cc2)c2ccc(C)cc2)cc1. The van der Waals surface area contributed by atoms with Crippen molar-refractivity contribution in [2.75, 3.05) is 30.1 Å². The lowest BCUT2D eigenvalue weighted by Crippen LogP contribution is -2.41. The van der Waals surface area contributed by atoms with Gasteiger partial charge < -0.3 is 15.1 Å². The molecule has 0 radical (unpaired) electrons. The van der Waals surface area contributed by atoms with Crippen LogP contribution in [0.2, 0.25) is 0 Å². The van der Waals surface area contributed by atoms with Crippen molar-refractivity contribution in [2.24, 2.45) is 0 Å². The first-order chi connectivity index (χ1) is 19.6. The Bertz CT molecular complexity index is 1470. The van der Waals surface area contributed by atoms with E-state index in [1.54, 1.807) is 4.90 Å². The molecule has 41 heavy (non-hydrogen) atoms. The van der Waals surface area contributed by atoms with Crippen LogP contribution >= 0.6 is 11.8 Å². The Hall–Kier alpha value is -4.17. The van der Waals surface area contributed by atoms with Gasteiger partial charge in [-0.2, -0.15) is 0 Å². The van der Waals surface area contributed by atoms with Crippen LogP contribution in [0.4, 0.5) is 11.4 Å². The van der Waals surface area contributed by atoms with E-state index >= 15 is 0 Å². The first-order valence-corrected chi connectivity index (χ1v) is 14.5. The van der Waals surface area contributed by atoms with Crippen LogP contribution < -0.4 is 10.2 Å². The Balaban J connectivity index is 1.69. The van der Waals surface area contributed by atoms with E-state index in [0.29, 0.717) is 10.8 Å². The molecule has 0 saturated carbocycles. The van der Waals surface area contributed by atoms with E-state index in [2.05, 4.69) is 15.3 Å². The molecule has 8 heteroatoms. The smallest absolute Gasteiger partial charge is 0.251 e. The quantitative estimate of drug-likeness (QED) is 0.180. The van der Waals surface area contributed by atoms with Crippen molar-refractivity contribution >= 4 is 35.0 Å². The molecular weight excluding hydrogens is 530 g/mol. The summed E-state index contributed by atoms with van der Waals surface area (Å²) >= 11 is 1.28. The molecule has 3 aromatic carbocycles. The summed E-state index contributed by atoms with van der Waals surface area (Å²) in [5, 5.41) is 3.60. The lowest BCUT2D eigenvalue weighted by atomic mass is 10.0. The highest BCUT2D eigenvalue weighted by Crippen LogP contribution is 2.28. The van der Waals surface area contributed by atoms with Crippen molar-refractivity contribution in [1.29, 1.82) is 0 Å². The second kappa shape index (κ2) is 13.5. The minimum Gasteiger partial charge on any atom is -0.378 e. The van der Waals surface area contributed by atoms with Crippen LogP contribution in [0.25, 0.3) is 0 Å². The van der Waals surface area contributed by atoms with Crippen LogP contribution in [0.5, 0.6) is 0 Å². The van der Waals surface area contributed by atoms with Crippen LogP contribution in [0.3, 0.4) is 0 Å². The third-order valence-corrected chi connectivity index (χ3v) is 7.52. The first-order valence-electron chi connectivity index (χ1n) is 13.5. The lowest BCUT2D eigenvalue weighted by Gasteiger charge is -2.32. The second-order valence-electron chi connectivity index (χ2n) is 10.5.